The lowest BCUT2D eigenvalue weighted by atomic mass is 10.2. The van der Waals surface area contributed by atoms with Crippen LogP contribution in [0.5, 0.6) is 0 Å². The number of hydrogen-bond donors (Lipinski definition) is 1. The molecule has 1 aromatic carbocycles. The molecule has 0 atom stereocenters. The molecular formula is C16H18F3NO4. The van der Waals surface area contributed by atoms with Crippen LogP contribution in [0.15, 0.2) is 36.0 Å². The maximum absolute atomic E-state index is 12.6. The molecule has 0 spiro atoms. The Balaban J connectivity index is 2.55. The van der Waals surface area contributed by atoms with Crippen LogP contribution in [-0.2, 0) is 25.2 Å². The van der Waals surface area contributed by atoms with E-state index in [1.54, 1.807) is 6.92 Å². The first-order valence-corrected chi connectivity index (χ1v) is 7.17. The normalized spacial score (nSPS) is 11.8. The Labute approximate surface area is 137 Å². The zero-order valence-electron chi connectivity index (χ0n) is 13.3. The molecule has 0 radical (unpaired) electrons. The predicted molar refractivity (Wildman–Crippen MR) is 81.0 cm³/mol. The molecule has 1 aromatic rings. The van der Waals surface area contributed by atoms with E-state index < -0.39 is 23.7 Å². The van der Waals surface area contributed by atoms with Gasteiger partial charge in [0, 0.05) is 17.5 Å². The summed E-state index contributed by atoms with van der Waals surface area (Å²) in [7, 11) is 0. The van der Waals surface area contributed by atoms with Crippen molar-refractivity contribution in [1.29, 1.82) is 0 Å². The van der Waals surface area contributed by atoms with Crippen molar-refractivity contribution in [2.75, 3.05) is 18.5 Å². The molecule has 0 bridgehead atoms. The van der Waals surface area contributed by atoms with Gasteiger partial charge in [-0.1, -0.05) is 6.07 Å². The highest BCUT2D eigenvalue weighted by Crippen LogP contribution is 2.30. The van der Waals surface area contributed by atoms with Gasteiger partial charge in [-0.2, -0.15) is 13.2 Å². The van der Waals surface area contributed by atoms with Crippen molar-refractivity contribution >= 4 is 17.6 Å². The van der Waals surface area contributed by atoms with E-state index in [0.29, 0.717) is 5.70 Å². The van der Waals surface area contributed by atoms with Crippen molar-refractivity contribution in [3.63, 3.8) is 0 Å². The second-order valence-electron chi connectivity index (χ2n) is 4.75. The highest BCUT2D eigenvalue weighted by Gasteiger charge is 2.30. The first-order chi connectivity index (χ1) is 11.2. The molecular weight excluding hydrogens is 327 g/mol. The maximum atomic E-state index is 12.6. The van der Waals surface area contributed by atoms with Crippen molar-refractivity contribution in [3.8, 4) is 0 Å². The number of carbonyl (C=O) groups is 2. The van der Waals surface area contributed by atoms with Crippen LogP contribution in [0.4, 0.5) is 18.9 Å². The van der Waals surface area contributed by atoms with Crippen LogP contribution in [0.2, 0.25) is 0 Å². The standard InChI is InChI=1S/C16H18F3NO4/c1-3-23-14(21)7-8-24-15(22)9-11(2)20-13-6-4-5-12(10-13)16(17,18)19/h4-6,9-10,20H,3,7-8H2,1-2H3/b11-9+. The quantitative estimate of drug-likeness (QED) is 0.605. The zero-order chi connectivity index (χ0) is 18.2. The third-order valence-corrected chi connectivity index (χ3v) is 2.72. The van der Waals surface area contributed by atoms with Crippen LogP contribution in [0.25, 0.3) is 0 Å². The van der Waals surface area contributed by atoms with Gasteiger partial charge >= 0.3 is 18.1 Å². The monoisotopic (exact) mass is 345 g/mol. The lowest BCUT2D eigenvalue weighted by Crippen LogP contribution is -2.11. The van der Waals surface area contributed by atoms with Crippen molar-refractivity contribution in [2.45, 2.75) is 26.4 Å². The van der Waals surface area contributed by atoms with E-state index in [9.17, 15) is 22.8 Å². The number of allylic oxidation sites excluding steroid dienone is 1. The molecule has 1 N–H and O–H groups in total. The van der Waals surface area contributed by atoms with E-state index >= 15 is 0 Å². The smallest absolute Gasteiger partial charge is 0.416 e. The first-order valence-electron chi connectivity index (χ1n) is 7.17. The molecule has 0 heterocycles. The van der Waals surface area contributed by atoms with E-state index in [2.05, 4.69) is 10.1 Å². The Hall–Kier alpha value is -2.51. The number of hydrogen-bond acceptors (Lipinski definition) is 5. The van der Waals surface area contributed by atoms with Crippen molar-refractivity contribution in [3.05, 3.63) is 41.6 Å². The summed E-state index contributed by atoms with van der Waals surface area (Å²) in [6.07, 6.45) is -3.42. The fourth-order valence-electron chi connectivity index (χ4n) is 1.72. The van der Waals surface area contributed by atoms with E-state index in [4.69, 9.17) is 4.74 Å². The van der Waals surface area contributed by atoms with Gasteiger partial charge in [-0.3, -0.25) is 4.79 Å². The Morgan fingerprint density at radius 1 is 1.25 bits per heavy atom. The minimum atomic E-state index is -4.44. The van der Waals surface area contributed by atoms with E-state index in [1.807, 2.05) is 0 Å². The molecule has 0 saturated carbocycles. The van der Waals surface area contributed by atoms with Crippen LogP contribution in [0.1, 0.15) is 25.8 Å². The number of alkyl halides is 3. The second-order valence-corrected chi connectivity index (χ2v) is 4.75. The molecule has 0 fully saturated rings. The molecule has 8 heteroatoms. The first kappa shape index (κ1) is 19.5. The van der Waals surface area contributed by atoms with Gasteiger partial charge in [0.05, 0.1) is 18.6 Å². The summed E-state index contributed by atoms with van der Waals surface area (Å²) in [5.74, 6) is -1.19. The molecule has 0 amide bonds. The Kier molecular flexibility index (Phi) is 7.29. The number of ether oxygens (including phenoxy) is 2. The summed E-state index contributed by atoms with van der Waals surface area (Å²) in [4.78, 5) is 22.6. The van der Waals surface area contributed by atoms with Gasteiger partial charge in [-0.25, -0.2) is 4.79 Å². The molecule has 0 aromatic heterocycles. The summed E-state index contributed by atoms with van der Waals surface area (Å²) in [5.41, 5.74) is -0.300. The van der Waals surface area contributed by atoms with Gasteiger partial charge in [-0.05, 0) is 32.0 Å². The Bertz CT molecular complexity index is 612. The number of anilines is 1. The molecule has 5 nitrogen and oxygen atoms in total. The molecule has 1 rings (SSSR count). The highest BCUT2D eigenvalue weighted by molar-refractivity contribution is 5.83. The molecule has 0 unspecified atom stereocenters. The van der Waals surface area contributed by atoms with Gasteiger partial charge in [0.25, 0.3) is 0 Å². The minimum absolute atomic E-state index is 0.0620. The number of halogens is 3. The molecule has 24 heavy (non-hydrogen) atoms. The van der Waals surface area contributed by atoms with Gasteiger partial charge in [-0.15, -0.1) is 0 Å². The molecule has 132 valence electrons. The molecule has 0 aliphatic carbocycles. The van der Waals surface area contributed by atoms with E-state index in [-0.39, 0.29) is 25.3 Å². The lowest BCUT2D eigenvalue weighted by Gasteiger charge is -2.11. The van der Waals surface area contributed by atoms with Gasteiger partial charge in [0.2, 0.25) is 0 Å². The fourth-order valence-corrected chi connectivity index (χ4v) is 1.72. The number of esters is 2. The number of rotatable bonds is 7. The molecule has 0 aliphatic heterocycles. The van der Waals surface area contributed by atoms with Crippen LogP contribution in [0, 0.1) is 0 Å². The summed E-state index contributed by atoms with van der Waals surface area (Å²) < 4.78 is 47.3. The van der Waals surface area contributed by atoms with E-state index in [1.165, 1.54) is 19.1 Å². The summed E-state index contributed by atoms with van der Waals surface area (Å²) in [6.45, 7) is 3.28. The molecule has 0 aliphatic rings. The Morgan fingerprint density at radius 3 is 2.58 bits per heavy atom. The number of benzene rings is 1. The largest absolute Gasteiger partial charge is 0.466 e. The third kappa shape index (κ3) is 7.17. The number of carbonyl (C=O) groups excluding carboxylic acids is 2. The maximum Gasteiger partial charge on any atom is 0.416 e. The third-order valence-electron chi connectivity index (χ3n) is 2.72. The van der Waals surface area contributed by atoms with Crippen LogP contribution < -0.4 is 5.32 Å². The second kappa shape index (κ2) is 8.95. The molecule has 0 saturated heterocycles. The van der Waals surface area contributed by atoms with Crippen molar-refractivity contribution < 1.29 is 32.2 Å². The van der Waals surface area contributed by atoms with Crippen molar-refractivity contribution in [1.82, 2.24) is 0 Å². The SMILES string of the molecule is CCOC(=O)CCOC(=O)/C=C(\C)Nc1cccc(C(F)(F)F)c1. The number of nitrogens with one attached hydrogen (secondary N) is 1. The van der Waals surface area contributed by atoms with Gasteiger partial charge in [0.1, 0.15) is 6.61 Å². The highest BCUT2D eigenvalue weighted by atomic mass is 19.4. The minimum Gasteiger partial charge on any atom is -0.466 e. The fraction of sp³-hybridized carbons (Fsp3) is 0.375. The average molecular weight is 345 g/mol. The summed E-state index contributed by atoms with van der Waals surface area (Å²) in [6, 6.07) is 4.59. The Morgan fingerprint density at radius 2 is 1.96 bits per heavy atom. The van der Waals surface area contributed by atoms with Gasteiger partial charge in [0.15, 0.2) is 0 Å². The topological polar surface area (TPSA) is 64.6 Å². The van der Waals surface area contributed by atoms with Crippen molar-refractivity contribution in [2.24, 2.45) is 0 Å². The van der Waals surface area contributed by atoms with Gasteiger partial charge < -0.3 is 14.8 Å². The summed E-state index contributed by atoms with van der Waals surface area (Å²) in [5, 5.41) is 2.67. The predicted octanol–water partition coefficient (Wildman–Crippen LogP) is 3.52. The van der Waals surface area contributed by atoms with Crippen LogP contribution >= 0.6 is 0 Å². The van der Waals surface area contributed by atoms with E-state index in [0.717, 1.165) is 18.2 Å². The average Bonchev–Trinajstić information content (AvgIpc) is 2.46. The van der Waals surface area contributed by atoms with Crippen LogP contribution in [-0.4, -0.2) is 25.2 Å². The lowest BCUT2D eigenvalue weighted by molar-refractivity contribution is -0.146. The van der Waals surface area contributed by atoms with Crippen LogP contribution in [0.3, 0.4) is 0 Å². The summed E-state index contributed by atoms with van der Waals surface area (Å²) >= 11 is 0. The zero-order valence-corrected chi connectivity index (χ0v) is 13.3.